The van der Waals surface area contributed by atoms with Crippen LogP contribution in [0.4, 0.5) is 0 Å². The van der Waals surface area contributed by atoms with Crippen LogP contribution in [-0.2, 0) is 4.74 Å². The summed E-state index contributed by atoms with van der Waals surface area (Å²) in [7, 11) is 0. The first kappa shape index (κ1) is 14.5. The Morgan fingerprint density at radius 2 is 1.89 bits per heavy atom. The van der Waals surface area contributed by atoms with Crippen LogP contribution in [0.3, 0.4) is 0 Å². The smallest absolute Gasteiger partial charge is 0.125 e. The van der Waals surface area contributed by atoms with Crippen LogP contribution in [0.25, 0.3) is 0 Å². The summed E-state index contributed by atoms with van der Waals surface area (Å²) in [5.74, 6) is 0.726. The van der Waals surface area contributed by atoms with Gasteiger partial charge in [0.1, 0.15) is 18.5 Å². The maximum Gasteiger partial charge on any atom is 0.125 e. The molecule has 0 saturated carbocycles. The van der Waals surface area contributed by atoms with Crippen molar-refractivity contribution in [3.63, 3.8) is 0 Å². The van der Waals surface area contributed by atoms with E-state index < -0.39 is 6.10 Å². The molecule has 0 aliphatic heterocycles. The van der Waals surface area contributed by atoms with Crippen molar-refractivity contribution in [2.45, 2.75) is 26.9 Å². The predicted octanol–water partition coefficient (Wildman–Crippen LogP) is 1.95. The number of aryl methyl sites for hydroxylation is 2. The molecule has 0 amide bonds. The fourth-order valence-electron chi connectivity index (χ4n) is 1.72. The number of aliphatic hydroxyl groups is 1. The fourth-order valence-corrected chi connectivity index (χ4v) is 1.72. The van der Waals surface area contributed by atoms with Gasteiger partial charge in [-0.2, -0.15) is 5.26 Å². The largest absolute Gasteiger partial charge is 0.490 e. The summed E-state index contributed by atoms with van der Waals surface area (Å²) in [4.78, 5) is 0. The molecule has 4 heteroatoms. The molecule has 0 spiro atoms. The molecule has 18 heavy (non-hydrogen) atoms. The van der Waals surface area contributed by atoms with Gasteiger partial charge in [0.25, 0.3) is 0 Å². The van der Waals surface area contributed by atoms with Gasteiger partial charge in [0.05, 0.1) is 18.2 Å². The van der Waals surface area contributed by atoms with E-state index in [1.807, 2.05) is 20.8 Å². The number of hydrogen-bond acceptors (Lipinski definition) is 4. The zero-order chi connectivity index (χ0) is 13.5. The highest BCUT2D eigenvalue weighted by molar-refractivity contribution is 5.47. The van der Waals surface area contributed by atoms with Crippen molar-refractivity contribution in [3.05, 3.63) is 28.8 Å². The predicted molar refractivity (Wildman–Crippen MR) is 68.6 cm³/mol. The molecule has 0 aromatic heterocycles. The van der Waals surface area contributed by atoms with E-state index in [0.29, 0.717) is 12.2 Å². The Labute approximate surface area is 108 Å². The van der Waals surface area contributed by atoms with E-state index in [2.05, 4.69) is 6.07 Å². The Morgan fingerprint density at radius 3 is 2.39 bits per heavy atom. The van der Waals surface area contributed by atoms with Gasteiger partial charge < -0.3 is 14.6 Å². The SMILES string of the molecule is CCOCC(O)COc1c(C)cc(C#N)cc1C. The van der Waals surface area contributed by atoms with Crippen LogP contribution in [0, 0.1) is 25.2 Å². The van der Waals surface area contributed by atoms with Crippen LogP contribution in [0.2, 0.25) is 0 Å². The minimum absolute atomic E-state index is 0.188. The lowest BCUT2D eigenvalue weighted by Crippen LogP contribution is -2.23. The van der Waals surface area contributed by atoms with Gasteiger partial charge in [0.15, 0.2) is 0 Å². The molecule has 1 unspecified atom stereocenters. The number of benzene rings is 1. The number of hydrogen-bond donors (Lipinski definition) is 1. The summed E-state index contributed by atoms with van der Waals surface area (Å²) < 4.78 is 10.7. The average Bonchev–Trinajstić information content (AvgIpc) is 2.34. The van der Waals surface area contributed by atoms with Crippen molar-refractivity contribution in [2.75, 3.05) is 19.8 Å². The van der Waals surface area contributed by atoms with Crippen LogP contribution in [-0.4, -0.2) is 31.0 Å². The Hall–Kier alpha value is -1.57. The zero-order valence-electron chi connectivity index (χ0n) is 11.1. The van der Waals surface area contributed by atoms with Gasteiger partial charge in [-0.3, -0.25) is 0 Å². The van der Waals surface area contributed by atoms with Crippen LogP contribution < -0.4 is 4.74 Å². The minimum atomic E-state index is -0.639. The quantitative estimate of drug-likeness (QED) is 0.837. The van der Waals surface area contributed by atoms with Crippen LogP contribution in [0.5, 0.6) is 5.75 Å². The van der Waals surface area contributed by atoms with E-state index in [1.54, 1.807) is 12.1 Å². The highest BCUT2D eigenvalue weighted by Crippen LogP contribution is 2.24. The normalized spacial score (nSPS) is 11.9. The van der Waals surface area contributed by atoms with Gasteiger partial charge in [0.2, 0.25) is 0 Å². The first-order valence-electron chi connectivity index (χ1n) is 5.98. The third-order valence-corrected chi connectivity index (χ3v) is 2.52. The van der Waals surface area contributed by atoms with Gasteiger partial charge in [-0.15, -0.1) is 0 Å². The van der Waals surface area contributed by atoms with E-state index >= 15 is 0 Å². The third kappa shape index (κ3) is 4.02. The molecule has 0 aliphatic rings. The van der Waals surface area contributed by atoms with Gasteiger partial charge in [-0.25, -0.2) is 0 Å². The Bertz CT molecular complexity index is 414. The lowest BCUT2D eigenvalue weighted by Gasteiger charge is -2.15. The molecule has 0 saturated heterocycles. The van der Waals surface area contributed by atoms with Crippen molar-refractivity contribution >= 4 is 0 Å². The van der Waals surface area contributed by atoms with Gasteiger partial charge >= 0.3 is 0 Å². The molecule has 4 nitrogen and oxygen atoms in total. The topological polar surface area (TPSA) is 62.5 Å². The van der Waals surface area contributed by atoms with Crippen molar-refractivity contribution in [3.8, 4) is 11.8 Å². The highest BCUT2D eigenvalue weighted by atomic mass is 16.5. The number of nitrogens with zero attached hydrogens (tertiary/aromatic N) is 1. The second-order valence-corrected chi connectivity index (χ2v) is 4.18. The molecule has 1 rings (SSSR count). The fraction of sp³-hybridized carbons (Fsp3) is 0.500. The number of rotatable bonds is 6. The molecule has 0 aliphatic carbocycles. The van der Waals surface area contributed by atoms with E-state index in [9.17, 15) is 5.11 Å². The summed E-state index contributed by atoms with van der Waals surface area (Å²) in [5, 5.41) is 18.5. The standard InChI is InChI=1S/C14H19NO3/c1-4-17-8-13(16)9-18-14-10(2)5-12(7-15)6-11(14)3/h5-6,13,16H,4,8-9H2,1-3H3. The molecule has 1 aromatic rings. The van der Waals surface area contributed by atoms with Gasteiger partial charge in [-0.05, 0) is 44.0 Å². The molecule has 98 valence electrons. The minimum Gasteiger partial charge on any atom is -0.490 e. The third-order valence-electron chi connectivity index (χ3n) is 2.52. The molecule has 0 bridgehead atoms. The molecular weight excluding hydrogens is 230 g/mol. The number of aliphatic hydroxyl groups excluding tert-OH is 1. The van der Waals surface area contributed by atoms with E-state index in [1.165, 1.54) is 0 Å². The molecule has 1 aromatic carbocycles. The van der Waals surface area contributed by atoms with Crippen LogP contribution in [0.15, 0.2) is 12.1 Å². The summed E-state index contributed by atoms with van der Waals surface area (Å²) in [5.41, 5.74) is 2.41. The maximum absolute atomic E-state index is 9.62. The molecule has 1 N–H and O–H groups in total. The second kappa shape index (κ2) is 7.00. The maximum atomic E-state index is 9.62. The van der Waals surface area contributed by atoms with Crippen molar-refractivity contribution in [1.82, 2.24) is 0 Å². The number of ether oxygens (including phenoxy) is 2. The van der Waals surface area contributed by atoms with Crippen molar-refractivity contribution in [1.29, 1.82) is 5.26 Å². The van der Waals surface area contributed by atoms with Gasteiger partial charge in [0, 0.05) is 6.61 Å². The Kier molecular flexibility index (Phi) is 5.63. The van der Waals surface area contributed by atoms with E-state index in [0.717, 1.165) is 16.9 Å². The zero-order valence-corrected chi connectivity index (χ0v) is 11.1. The lowest BCUT2D eigenvalue weighted by molar-refractivity contribution is 0.0162. The Morgan fingerprint density at radius 1 is 1.28 bits per heavy atom. The summed E-state index contributed by atoms with van der Waals surface area (Å²) >= 11 is 0. The van der Waals surface area contributed by atoms with Crippen LogP contribution in [0.1, 0.15) is 23.6 Å². The summed E-state index contributed by atoms with van der Waals surface area (Å²) in [6.07, 6.45) is -0.639. The van der Waals surface area contributed by atoms with Crippen molar-refractivity contribution in [2.24, 2.45) is 0 Å². The van der Waals surface area contributed by atoms with Crippen LogP contribution >= 0.6 is 0 Å². The summed E-state index contributed by atoms with van der Waals surface area (Å²) in [6.45, 7) is 6.68. The first-order valence-corrected chi connectivity index (χ1v) is 5.98. The number of nitriles is 1. The highest BCUT2D eigenvalue weighted by Gasteiger charge is 2.10. The molecular formula is C14H19NO3. The van der Waals surface area contributed by atoms with Crippen molar-refractivity contribution < 1.29 is 14.6 Å². The average molecular weight is 249 g/mol. The molecule has 0 fully saturated rings. The molecule has 0 heterocycles. The van der Waals surface area contributed by atoms with E-state index in [-0.39, 0.29) is 13.2 Å². The molecule has 0 radical (unpaired) electrons. The summed E-state index contributed by atoms with van der Waals surface area (Å²) in [6, 6.07) is 5.65. The van der Waals surface area contributed by atoms with E-state index in [4.69, 9.17) is 14.7 Å². The molecule has 1 atom stereocenters. The first-order chi connectivity index (χ1) is 8.58. The second-order valence-electron chi connectivity index (χ2n) is 4.18. The Balaban J connectivity index is 2.65. The van der Waals surface area contributed by atoms with Gasteiger partial charge in [-0.1, -0.05) is 0 Å². The monoisotopic (exact) mass is 249 g/mol. The lowest BCUT2D eigenvalue weighted by atomic mass is 10.1.